The minimum atomic E-state index is -1.20. The van der Waals surface area contributed by atoms with Crippen LogP contribution in [0.15, 0.2) is 24.3 Å². The minimum absolute atomic E-state index is 0.00915. The van der Waals surface area contributed by atoms with Gasteiger partial charge in [0.1, 0.15) is 17.2 Å². The molecule has 10 heteroatoms. The number of nitrogens with zero attached hydrogens (tertiary/aromatic N) is 2. The van der Waals surface area contributed by atoms with Crippen LogP contribution < -0.4 is 10.4 Å². The lowest BCUT2D eigenvalue weighted by atomic mass is 10.1. The quantitative estimate of drug-likeness (QED) is 0.269. The van der Waals surface area contributed by atoms with Crippen LogP contribution in [0, 0.1) is 28.8 Å². The van der Waals surface area contributed by atoms with Crippen molar-refractivity contribution in [1.82, 2.24) is 15.3 Å². The van der Waals surface area contributed by atoms with Crippen LogP contribution in [0.5, 0.6) is 0 Å². The van der Waals surface area contributed by atoms with E-state index in [4.69, 9.17) is 17.0 Å². The molecule has 152 valence electrons. The van der Waals surface area contributed by atoms with Crippen LogP contribution in [0.25, 0.3) is 11.0 Å². The highest BCUT2D eigenvalue weighted by Crippen LogP contribution is 2.29. The van der Waals surface area contributed by atoms with Gasteiger partial charge in [-0.1, -0.05) is 11.6 Å². The van der Waals surface area contributed by atoms with Crippen LogP contribution in [-0.2, 0) is 6.54 Å². The van der Waals surface area contributed by atoms with Crippen molar-refractivity contribution in [3.63, 3.8) is 0 Å². The Labute approximate surface area is 168 Å². The maximum Gasteiger partial charge on any atom is 0.186 e. The second kappa shape index (κ2) is 7.66. The van der Waals surface area contributed by atoms with Gasteiger partial charge < -0.3 is 10.3 Å². The molecule has 4 rings (SSSR count). The van der Waals surface area contributed by atoms with E-state index in [9.17, 15) is 18.4 Å². The fraction of sp³-hybridized carbons (Fsp3) is 0.263. The van der Waals surface area contributed by atoms with E-state index in [1.54, 1.807) is 0 Å². The van der Waals surface area contributed by atoms with Crippen molar-refractivity contribution in [2.75, 3.05) is 11.6 Å². The Morgan fingerprint density at radius 3 is 2.72 bits per heavy atom. The van der Waals surface area contributed by atoms with E-state index < -0.39 is 23.3 Å². The van der Waals surface area contributed by atoms with Crippen LogP contribution in [-0.4, -0.2) is 27.6 Å². The van der Waals surface area contributed by atoms with Crippen molar-refractivity contribution in [2.45, 2.75) is 19.4 Å². The zero-order valence-electron chi connectivity index (χ0n) is 15.1. The topological polar surface area (TPSA) is 88.0 Å². The number of anilines is 1. The van der Waals surface area contributed by atoms with E-state index in [1.165, 1.54) is 18.9 Å². The van der Waals surface area contributed by atoms with Crippen molar-refractivity contribution in [3.8, 4) is 0 Å². The van der Waals surface area contributed by atoms with Gasteiger partial charge in [0, 0.05) is 5.56 Å². The molecular weight excluding hydrogens is 407 g/mol. The van der Waals surface area contributed by atoms with E-state index in [0.29, 0.717) is 23.4 Å². The van der Waals surface area contributed by atoms with Gasteiger partial charge in [-0.2, -0.15) is 0 Å². The fourth-order valence-electron chi connectivity index (χ4n) is 3.00. The van der Waals surface area contributed by atoms with Crippen LogP contribution in [0.2, 0.25) is 5.02 Å². The summed E-state index contributed by atoms with van der Waals surface area (Å²) < 4.78 is 41.7. The Morgan fingerprint density at radius 2 is 2.03 bits per heavy atom. The third-order valence-electron chi connectivity index (χ3n) is 4.75. The molecule has 1 fully saturated rings. The van der Waals surface area contributed by atoms with Crippen LogP contribution in [0.3, 0.4) is 0 Å². The van der Waals surface area contributed by atoms with E-state index >= 15 is 0 Å². The smallest absolute Gasteiger partial charge is 0.186 e. The Hall–Kier alpha value is -2.62. The highest BCUT2D eigenvalue weighted by Gasteiger charge is 2.23. The van der Waals surface area contributed by atoms with E-state index in [1.807, 2.05) is 0 Å². The second-order valence-electron chi connectivity index (χ2n) is 6.96. The molecule has 2 aromatic carbocycles. The third kappa shape index (κ3) is 3.93. The number of imidazole rings is 1. The molecule has 29 heavy (non-hydrogen) atoms. The summed E-state index contributed by atoms with van der Waals surface area (Å²) in [5, 5.41) is 21.9. The first-order valence-corrected chi connectivity index (χ1v) is 9.33. The summed E-state index contributed by atoms with van der Waals surface area (Å²) in [6, 6.07) is 4.14. The number of hydrogen-bond donors (Lipinski definition) is 4. The lowest BCUT2D eigenvalue weighted by Crippen LogP contribution is -2.27. The van der Waals surface area contributed by atoms with Crippen molar-refractivity contribution >= 4 is 34.2 Å². The summed E-state index contributed by atoms with van der Waals surface area (Å²) >= 11 is 5.71. The van der Waals surface area contributed by atoms with Gasteiger partial charge in [-0.25, -0.2) is 23.2 Å². The van der Waals surface area contributed by atoms with Crippen molar-refractivity contribution < 1.29 is 18.4 Å². The largest absolute Gasteiger partial charge is 0.340 e. The molecule has 0 unspecified atom stereocenters. The molecule has 0 spiro atoms. The van der Waals surface area contributed by atoms with Crippen LogP contribution >= 0.6 is 11.6 Å². The number of hydroxylamine groups is 1. The number of nitrogens with one attached hydrogen (secondary N) is 3. The van der Waals surface area contributed by atoms with Gasteiger partial charge in [-0.05, 0) is 49.6 Å². The molecule has 1 aliphatic rings. The molecule has 1 aromatic heterocycles. The van der Waals surface area contributed by atoms with Gasteiger partial charge in [-0.3, -0.25) is 10.6 Å². The molecule has 0 radical (unpaired) electrons. The lowest BCUT2D eigenvalue weighted by molar-refractivity contribution is 0.312. The number of aromatic amines is 1. The van der Waals surface area contributed by atoms with Crippen LogP contribution in [0.1, 0.15) is 24.2 Å². The monoisotopic (exact) mass is 423 g/mol. The number of hydrogen-bond acceptors (Lipinski definition) is 4. The van der Waals surface area contributed by atoms with E-state index in [0.717, 1.165) is 24.7 Å². The third-order valence-corrected chi connectivity index (χ3v) is 5.04. The number of halogens is 4. The lowest BCUT2D eigenvalue weighted by Gasteiger charge is -2.18. The van der Waals surface area contributed by atoms with Gasteiger partial charge in [0.25, 0.3) is 0 Å². The van der Waals surface area contributed by atoms with Crippen molar-refractivity contribution in [1.29, 1.82) is 5.41 Å². The Morgan fingerprint density at radius 1 is 1.28 bits per heavy atom. The van der Waals surface area contributed by atoms with Gasteiger partial charge in [0.05, 0.1) is 22.8 Å². The Balaban J connectivity index is 1.67. The van der Waals surface area contributed by atoms with Crippen molar-refractivity contribution in [3.05, 3.63) is 58.1 Å². The summed E-state index contributed by atoms with van der Waals surface area (Å²) in [6.45, 7) is 1.14. The summed E-state index contributed by atoms with van der Waals surface area (Å²) in [5.74, 6) is -2.57. The maximum atomic E-state index is 14.3. The number of fused-ring (bicyclic) bond motifs is 1. The van der Waals surface area contributed by atoms with Crippen LogP contribution in [0.4, 0.5) is 18.9 Å². The van der Waals surface area contributed by atoms with E-state index in [-0.39, 0.29) is 27.3 Å². The van der Waals surface area contributed by atoms with Gasteiger partial charge in [0.2, 0.25) is 0 Å². The minimum Gasteiger partial charge on any atom is -0.340 e. The molecular formula is C19H17ClF3N5O. The molecule has 3 aromatic rings. The molecule has 1 aliphatic carbocycles. The predicted octanol–water partition coefficient (Wildman–Crippen LogP) is 4.35. The van der Waals surface area contributed by atoms with Gasteiger partial charge in [-0.15, -0.1) is 0 Å². The summed E-state index contributed by atoms with van der Waals surface area (Å²) in [5.41, 5.74) is -0.309. The number of aromatic nitrogens is 2. The first-order valence-electron chi connectivity index (χ1n) is 8.95. The highest BCUT2D eigenvalue weighted by atomic mass is 35.5. The molecule has 0 aliphatic heterocycles. The maximum absolute atomic E-state index is 14.3. The average molecular weight is 424 g/mol. The zero-order chi connectivity index (χ0) is 20.7. The molecule has 4 N–H and O–H groups in total. The van der Waals surface area contributed by atoms with Crippen molar-refractivity contribution in [2.24, 2.45) is 5.92 Å². The molecule has 0 saturated heterocycles. The number of benzene rings is 2. The zero-order valence-corrected chi connectivity index (χ0v) is 15.8. The first kappa shape index (κ1) is 19.7. The molecule has 0 bridgehead atoms. The normalized spacial score (nSPS) is 13.8. The molecule has 0 amide bonds. The average Bonchev–Trinajstić information content (AvgIpc) is 3.42. The van der Waals surface area contributed by atoms with E-state index in [2.05, 4.69) is 15.3 Å². The fourth-order valence-corrected chi connectivity index (χ4v) is 3.17. The Bertz CT molecular complexity index is 1100. The first-order chi connectivity index (χ1) is 13.8. The summed E-state index contributed by atoms with van der Waals surface area (Å²) in [7, 11) is 0. The number of amidine groups is 1. The molecule has 1 saturated carbocycles. The summed E-state index contributed by atoms with van der Waals surface area (Å²) in [4.78, 5) is 6.98. The molecule has 1 heterocycles. The predicted molar refractivity (Wildman–Crippen MR) is 103 cm³/mol. The standard InChI is InChI=1S/C19H17ClF3N5O/c20-12-5-10(3-4-13(12)21)28(29)19(24)11-6-14(22)16(23)18-17(11)26-15(27-18)8-25-7-9-1-2-9/h3-6,9,24-25,29H,1-2,7-8H2,(H,26,27). The van der Waals surface area contributed by atoms with Gasteiger partial charge in [0.15, 0.2) is 17.5 Å². The Kier molecular flexibility index (Phi) is 5.20. The highest BCUT2D eigenvalue weighted by molar-refractivity contribution is 6.31. The number of H-pyrrole nitrogens is 1. The molecule has 6 nitrogen and oxygen atoms in total. The summed E-state index contributed by atoms with van der Waals surface area (Å²) in [6.07, 6.45) is 2.35. The SMILES string of the molecule is N=C(c1cc(F)c(F)c2nc(CNCC3CC3)[nH]c12)N(O)c1ccc(F)c(Cl)c1. The second-order valence-corrected chi connectivity index (χ2v) is 7.37. The number of rotatable bonds is 6. The van der Waals surface area contributed by atoms with Gasteiger partial charge >= 0.3 is 0 Å². The molecule has 0 atom stereocenters.